The van der Waals surface area contributed by atoms with Gasteiger partial charge >= 0.3 is 0 Å². The van der Waals surface area contributed by atoms with Crippen LogP contribution in [0.2, 0.25) is 0 Å². The van der Waals surface area contributed by atoms with Crippen LogP contribution < -0.4 is 0 Å². The predicted octanol–water partition coefficient (Wildman–Crippen LogP) is 2.84. The SMILES string of the molecule is O=C(CC(=O)C1CC1)c1ccc(I)cc1. The molecule has 0 unspecified atom stereocenters. The summed E-state index contributed by atoms with van der Waals surface area (Å²) in [5.74, 6) is 0.236. The van der Waals surface area contributed by atoms with E-state index in [-0.39, 0.29) is 23.9 Å². The van der Waals surface area contributed by atoms with E-state index in [2.05, 4.69) is 22.6 Å². The van der Waals surface area contributed by atoms with Crippen molar-refractivity contribution >= 4 is 34.2 Å². The number of rotatable bonds is 4. The minimum Gasteiger partial charge on any atom is -0.299 e. The fraction of sp³-hybridized carbons (Fsp3) is 0.333. The van der Waals surface area contributed by atoms with Gasteiger partial charge in [0.1, 0.15) is 5.78 Å². The van der Waals surface area contributed by atoms with Crippen LogP contribution in [0.15, 0.2) is 24.3 Å². The first-order valence-electron chi connectivity index (χ1n) is 4.98. The molecule has 2 nitrogen and oxygen atoms in total. The Bertz CT molecular complexity index is 391. The molecule has 2 rings (SSSR count). The Morgan fingerprint density at radius 1 is 1.20 bits per heavy atom. The van der Waals surface area contributed by atoms with Crippen LogP contribution in [0.25, 0.3) is 0 Å². The molecule has 3 heteroatoms. The van der Waals surface area contributed by atoms with Crippen molar-refractivity contribution in [1.82, 2.24) is 0 Å². The largest absolute Gasteiger partial charge is 0.299 e. The maximum Gasteiger partial charge on any atom is 0.170 e. The minimum atomic E-state index is -0.0525. The lowest BCUT2D eigenvalue weighted by Crippen LogP contribution is -2.09. The van der Waals surface area contributed by atoms with Crippen LogP contribution in [0.1, 0.15) is 29.6 Å². The molecule has 0 bridgehead atoms. The first kappa shape index (κ1) is 10.8. The fourth-order valence-corrected chi connectivity index (χ4v) is 1.81. The predicted molar refractivity (Wildman–Crippen MR) is 65.8 cm³/mol. The second kappa shape index (κ2) is 4.43. The van der Waals surface area contributed by atoms with E-state index in [1.807, 2.05) is 12.1 Å². The van der Waals surface area contributed by atoms with Crippen LogP contribution >= 0.6 is 22.6 Å². The van der Waals surface area contributed by atoms with Gasteiger partial charge in [-0.2, -0.15) is 0 Å². The zero-order chi connectivity index (χ0) is 10.8. The van der Waals surface area contributed by atoms with Crippen molar-refractivity contribution < 1.29 is 9.59 Å². The summed E-state index contributed by atoms with van der Waals surface area (Å²) in [6.45, 7) is 0. The number of halogens is 1. The fourth-order valence-electron chi connectivity index (χ4n) is 1.45. The van der Waals surface area contributed by atoms with Crippen LogP contribution in [0.3, 0.4) is 0 Å². The summed E-state index contributed by atoms with van der Waals surface area (Å²) in [6.07, 6.45) is 2.02. The molecule has 1 aromatic carbocycles. The van der Waals surface area contributed by atoms with E-state index < -0.39 is 0 Å². The monoisotopic (exact) mass is 314 g/mol. The second-order valence-electron chi connectivity index (χ2n) is 3.85. The van der Waals surface area contributed by atoms with Crippen molar-refractivity contribution in [3.05, 3.63) is 33.4 Å². The van der Waals surface area contributed by atoms with Crippen LogP contribution in [-0.2, 0) is 4.79 Å². The van der Waals surface area contributed by atoms with Gasteiger partial charge in [0.25, 0.3) is 0 Å². The van der Waals surface area contributed by atoms with Crippen molar-refractivity contribution in [3.63, 3.8) is 0 Å². The van der Waals surface area contributed by atoms with E-state index in [1.165, 1.54) is 0 Å². The van der Waals surface area contributed by atoms with E-state index in [4.69, 9.17) is 0 Å². The van der Waals surface area contributed by atoms with Gasteiger partial charge in [0.05, 0.1) is 6.42 Å². The third kappa shape index (κ3) is 2.87. The number of carbonyl (C=O) groups excluding carboxylic acids is 2. The highest BCUT2D eigenvalue weighted by molar-refractivity contribution is 14.1. The average molecular weight is 314 g/mol. The van der Waals surface area contributed by atoms with Gasteiger partial charge in [0.2, 0.25) is 0 Å². The normalized spacial score (nSPS) is 15.0. The topological polar surface area (TPSA) is 34.1 Å². The maximum atomic E-state index is 11.7. The Morgan fingerprint density at radius 2 is 1.80 bits per heavy atom. The lowest BCUT2D eigenvalue weighted by molar-refractivity contribution is -0.119. The zero-order valence-electron chi connectivity index (χ0n) is 8.20. The summed E-state index contributed by atoms with van der Waals surface area (Å²) in [6, 6.07) is 7.33. The number of hydrogen-bond donors (Lipinski definition) is 0. The number of benzene rings is 1. The molecule has 1 aliphatic rings. The Labute approximate surface area is 102 Å². The molecule has 0 atom stereocenters. The maximum absolute atomic E-state index is 11.7. The summed E-state index contributed by atoms with van der Waals surface area (Å²) in [7, 11) is 0. The molecule has 0 saturated heterocycles. The van der Waals surface area contributed by atoms with Gasteiger partial charge in [-0.25, -0.2) is 0 Å². The molecule has 1 saturated carbocycles. The highest BCUT2D eigenvalue weighted by Gasteiger charge is 2.30. The summed E-state index contributed by atoms with van der Waals surface area (Å²) in [5.41, 5.74) is 0.643. The molecule has 1 aromatic rings. The first-order valence-corrected chi connectivity index (χ1v) is 6.06. The molecule has 0 heterocycles. The molecular weight excluding hydrogens is 303 g/mol. The molecule has 0 amide bonds. The molecule has 1 aliphatic carbocycles. The molecule has 78 valence electrons. The van der Waals surface area contributed by atoms with Gasteiger partial charge < -0.3 is 0 Å². The minimum absolute atomic E-state index is 0.0525. The number of hydrogen-bond acceptors (Lipinski definition) is 2. The van der Waals surface area contributed by atoms with Crippen LogP contribution in [-0.4, -0.2) is 11.6 Å². The summed E-state index contributed by atoms with van der Waals surface area (Å²) < 4.78 is 1.10. The first-order chi connectivity index (χ1) is 7.16. The lowest BCUT2D eigenvalue weighted by Gasteiger charge is -1.99. The summed E-state index contributed by atoms with van der Waals surface area (Å²) in [5, 5.41) is 0. The molecule has 0 spiro atoms. The van der Waals surface area contributed by atoms with Crippen LogP contribution in [0, 0.1) is 9.49 Å². The Kier molecular flexibility index (Phi) is 3.19. The van der Waals surface area contributed by atoms with Gasteiger partial charge in [0.15, 0.2) is 5.78 Å². The number of ketones is 2. The van der Waals surface area contributed by atoms with Gasteiger partial charge in [0, 0.05) is 15.1 Å². The van der Waals surface area contributed by atoms with Crippen LogP contribution in [0.5, 0.6) is 0 Å². The molecular formula is C12H11IO2. The van der Waals surface area contributed by atoms with Crippen molar-refractivity contribution in [2.75, 3.05) is 0 Å². The van der Waals surface area contributed by atoms with E-state index in [0.29, 0.717) is 5.56 Å². The van der Waals surface area contributed by atoms with E-state index >= 15 is 0 Å². The average Bonchev–Trinajstić information content (AvgIpc) is 3.01. The van der Waals surface area contributed by atoms with Gasteiger partial charge in [-0.3, -0.25) is 9.59 Å². The van der Waals surface area contributed by atoms with Gasteiger partial charge in [-0.1, -0.05) is 12.1 Å². The third-order valence-electron chi connectivity index (χ3n) is 2.53. The van der Waals surface area contributed by atoms with E-state index in [0.717, 1.165) is 16.4 Å². The summed E-state index contributed by atoms with van der Waals surface area (Å²) >= 11 is 2.19. The third-order valence-corrected chi connectivity index (χ3v) is 3.25. The Hall–Kier alpha value is -0.710. The van der Waals surface area contributed by atoms with Crippen molar-refractivity contribution in [2.24, 2.45) is 5.92 Å². The van der Waals surface area contributed by atoms with Crippen molar-refractivity contribution in [1.29, 1.82) is 0 Å². The molecule has 15 heavy (non-hydrogen) atoms. The van der Waals surface area contributed by atoms with Gasteiger partial charge in [-0.15, -0.1) is 0 Å². The van der Waals surface area contributed by atoms with E-state index in [9.17, 15) is 9.59 Å². The molecule has 0 radical (unpaired) electrons. The standard InChI is InChI=1S/C12H11IO2/c13-10-5-3-9(4-6-10)12(15)7-11(14)8-1-2-8/h3-6,8H,1-2,7H2. The molecule has 0 N–H and O–H groups in total. The van der Waals surface area contributed by atoms with Crippen molar-refractivity contribution in [3.8, 4) is 0 Å². The molecule has 0 aromatic heterocycles. The number of carbonyl (C=O) groups is 2. The quantitative estimate of drug-likeness (QED) is 0.486. The highest BCUT2D eigenvalue weighted by atomic mass is 127. The Balaban J connectivity index is 2.00. The smallest absolute Gasteiger partial charge is 0.170 e. The Morgan fingerprint density at radius 3 is 2.33 bits per heavy atom. The van der Waals surface area contributed by atoms with Crippen molar-refractivity contribution in [2.45, 2.75) is 19.3 Å². The van der Waals surface area contributed by atoms with Gasteiger partial charge in [-0.05, 0) is 47.6 Å². The zero-order valence-corrected chi connectivity index (χ0v) is 10.4. The lowest BCUT2D eigenvalue weighted by atomic mass is 10.0. The molecule has 0 aliphatic heterocycles. The highest BCUT2D eigenvalue weighted by Crippen LogP contribution is 2.31. The molecule has 1 fully saturated rings. The number of Topliss-reactive ketones (excluding diaryl/α,β-unsaturated/α-hetero) is 2. The van der Waals surface area contributed by atoms with Crippen LogP contribution in [0.4, 0.5) is 0 Å². The van der Waals surface area contributed by atoms with E-state index in [1.54, 1.807) is 12.1 Å². The second-order valence-corrected chi connectivity index (χ2v) is 5.09. The summed E-state index contributed by atoms with van der Waals surface area (Å²) in [4.78, 5) is 23.1.